The highest BCUT2D eigenvalue weighted by Crippen LogP contribution is 2.18. The summed E-state index contributed by atoms with van der Waals surface area (Å²) in [4.78, 5) is 23.0. The lowest BCUT2D eigenvalue weighted by Gasteiger charge is -2.07. The molecular weight excluding hydrogens is 246 g/mol. The number of carboxylic acids is 1. The predicted octanol–water partition coefficient (Wildman–Crippen LogP) is 1.98. The molecule has 6 nitrogen and oxygen atoms in total. The maximum atomic E-state index is 11.9. The lowest BCUT2D eigenvalue weighted by molar-refractivity contribution is 0.0698. The molecule has 0 atom stereocenters. The molecule has 0 aliphatic carbocycles. The first-order chi connectivity index (χ1) is 8.97. The van der Waals surface area contributed by atoms with E-state index in [1.165, 1.54) is 6.07 Å². The first-order valence-corrected chi connectivity index (χ1v) is 5.64. The van der Waals surface area contributed by atoms with Gasteiger partial charge in [-0.2, -0.15) is 5.10 Å². The molecule has 1 heterocycles. The summed E-state index contributed by atoms with van der Waals surface area (Å²) in [5.41, 5.74) is 2.09. The molecule has 0 saturated carbocycles. The summed E-state index contributed by atoms with van der Waals surface area (Å²) in [5.74, 6) is -1.53. The first kappa shape index (κ1) is 12.8. The van der Waals surface area contributed by atoms with E-state index in [2.05, 4.69) is 15.5 Å². The van der Waals surface area contributed by atoms with Crippen molar-refractivity contribution in [1.82, 2.24) is 10.2 Å². The van der Waals surface area contributed by atoms with Gasteiger partial charge in [0.2, 0.25) is 0 Å². The highest BCUT2D eigenvalue weighted by molar-refractivity contribution is 6.06. The van der Waals surface area contributed by atoms with Crippen LogP contribution in [0.3, 0.4) is 0 Å². The largest absolute Gasteiger partial charge is 0.478 e. The average molecular weight is 259 g/mol. The number of carbonyl (C=O) groups is 2. The molecule has 0 aliphatic heterocycles. The molecule has 1 aromatic heterocycles. The number of aromatic carboxylic acids is 1. The monoisotopic (exact) mass is 259 g/mol. The Kier molecular flexibility index (Phi) is 3.33. The Morgan fingerprint density at radius 1 is 1.26 bits per heavy atom. The molecule has 2 rings (SSSR count). The first-order valence-electron chi connectivity index (χ1n) is 5.64. The van der Waals surface area contributed by atoms with Gasteiger partial charge in [-0.05, 0) is 32.0 Å². The standard InChI is InChI=1S/C13H13N3O3/c1-7-3-4-10(9(5-7)13(18)19)14-12(17)11-6-8(2)15-16-11/h3-6H,1-2H3,(H,14,17)(H,15,16)(H,18,19). The van der Waals surface area contributed by atoms with Crippen LogP contribution in [-0.4, -0.2) is 27.2 Å². The van der Waals surface area contributed by atoms with Gasteiger partial charge >= 0.3 is 5.97 Å². The van der Waals surface area contributed by atoms with Gasteiger partial charge in [0.15, 0.2) is 5.69 Å². The van der Waals surface area contributed by atoms with E-state index in [0.29, 0.717) is 0 Å². The molecule has 3 N–H and O–H groups in total. The Balaban J connectivity index is 2.28. The summed E-state index contributed by atoms with van der Waals surface area (Å²) in [7, 11) is 0. The fourth-order valence-electron chi connectivity index (χ4n) is 1.66. The number of aryl methyl sites for hydroxylation is 2. The highest BCUT2D eigenvalue weighted by atomic mass is 16.4. The Bertz CT molecular complexity index is 646. The SMILES string of the molecule is Cc1ccc(NC(=O)c2cc(C)[nH]n2)c(C(=O)O)c1. The smallest absolute Gasteiger partial charge is 0.337 e. The highest BCUT2D eigenvalue weighted by Gasteiger charge is 2.15. The van der Waals surface area contributed by atoms with Crippen molar-refractivity contribution < 1.29 is 14.7 Å². The number of benzene rings is 1. The summed E-state index contributed by atoms with van der Waals surface area (Å²) in [5, 5.41) is 18.1. The molecule has 0 aliphatic rings. The van der Waals surface area contributed by atoms with Gasteiger partial charge in [0.05, 0.1) is 11.3 Å². The maximum absolute atomic E-state index is 11.9. The summed E-state index contributed by atoms with van der Waals surface area (Å²) in [6.07, 6.45) is 0. The zero-order valence-corrected chi connectivity index (χ0v) is 10.5. The van der Waals surface area contributed by atoms with E-state index in [9.17, 15) is 9.59 Å². The Labute approximate surface area is 109 Å². The Morgan fingerprint density at radius 2 is 2.00 bits per heavy atom. The zero-order valence-electron chi connectivity index (χ0n) is 10.5. The number of H-pyrrole nitrogens is 1. The molecule has 6 heteroatoms. The van der Waals surface area contributed by atoms with E-state index >= 15 is 0 Å². The van der Waals surface area contributed by atoms with Gasteiger partial charge in [-0.3, -0.25) is 9.89 Å². The fraction of sp³-hybridized carbons (Fsp3) is 0.154. The molecule has 19 heavy (non-hydrogen) atoms. The van der Waals surface area contributed by atoms with E-state index in [1.54, 1.807) is 32.0 Å². The molecular formula is C13H13N3O3. The number of nitrogens with zero attached hydrogens (tertiary/aromatic N) is 1. The average Bonchev–Trinajstić information content (AvgIpc) is 2.78. The number of carboxylic acid groups (broad SMARTS) is 1. The lowest BCUT2D eigenvalue weighted by Crippen LogP contribution is -2.15. The van der Waals surface area contributed by atoms with Crippen LogP contribution in [0.15, 0.2) is 24.3 Å². The third-order valence-electron chi connectivity index (χ3n) is 2.59. The van der Waals surface area contributed by atoms with Gasteiger partial charge in [0, 0.05) is 5.69 Å². The minimum Gasteiger partial charge on any atom is -0.478 e. The Hall–Kier alpha value is -2.63. The summed E-state index contributed by atoms with van der Waals surface area (Å²) >= 11 is 0. The second-order valence-electron chi connectivity index (χ2n) is 4.24. The zero-order chi connectivity index (χ0) is 14.0. The van der Waals surface area contributed by atoms with Crippen LogP contribution in [0.25, 0.3) is 0 Å². The van der Waals surface area contributed by atoms with Crippen LogP contribution >= 0.6 is 0 Å². The van der Waals surface area contributed by atoms with Crippen molar-refractivity contribution in [2.75, 3.05) is 5.32 Å². The number of aromatic nitrogens is 2. The summed E-state index contributed by atoms with van der Waals surface area (Å²) in [6.45, 7) is 3.56. The van der Waals surface area contributed by atoms with Crippen molar-refractivity contribution in [1.29, 1.82) is 0 Å². The van der Waals surface area contributed by atoms with Crippen LogP contribution in [0.5, 0.6) is 0 Å². The number of nitrogens with one attached hydrogen (secondary N) is 2. The van der Waals surface area contributed by atoms with Gasteiger partial charge in [0.1, 0.15) is 0 Å². The van der Waals surface area contributed by atoms with Crippen LogP contribution in [0, 0.1) is 13.8 Å². The fourth-order valence-corrected chi connectivity index (χ4v) is 1.66. The van der Waals surface area contributed by atoms with Crippen molar-refractivity contribution in [2.45, 2.75) is 13.8 Å². The van der Waals surface area contributed by atoms with E-state index in [1.807, 2.05) is 0 Å². The summed E-state index contributed by atoms with van der Waals surface area (Å²) in [6, 6.07) is 6.39. The third-order valence-corrected chi connectivity index (χ3v) is 2.59. The topological polar surface area (TPSA) is 95.1 Å². The normalized spacial score (nSPS) is 10.2. The van der Waals surface area contributed by atoms with Crippen molar-refractivity contribution in [3.63, 3.8) is 0 Å². The second kappa shape index (κ2) is 4.93. The number of rotatable bonds is 3. The second-order valence-corrected chi connectivity index (χ2v) is 4.24. The molecule has 0 fully saturated rings. The van der Waals surface area contributed by atoms with E-state index < -0.39 is 11.9 Å². The van der Waals surface area contributed by atoms with Crippen molar-refractivity contribution in [2.24, 2.45) is 0 Å². The molecule has 1 amide bonds. The predicted molar refractivity (Wildman–Crippen MR) is 69.4 cm³/mol. The number of aromatic amines is 1. The van der Waals surface area contributed by atoms with Crippen molar-refractivity contribution >= 4 is 17.6 Å². The summed E-state index contributed by atoms with van der Waals surface area (Å²) < 4.78 is 0. The number of carbonyl (C=O) groups excluding carboxylic acids is 1. The van der Waals surface area contributed by atoms with Crippen LogP contribution < -0.4 is 5.32 Å². The lowest BCUT2D eigenvalue weighted by atomic mass is 10.1. The maximum Gasteiger partial charge on any atom is 0.337 e. The van der Waals surface area contributed by atoms with Gasteiger partial charge in [-0.1, -0.05) is 11.6 Å². The number of amides is 1. The Morgan fingerprint density at radius 3 is 2.58 bits per heavy atom. The van der Waals surface area contributed by atoms with Crippen LogP contribution in [0.2, 0.25) is 0 Å². The third kappa shape index (κ3) is 2.79. The quantitative estimate of drug-likeness (QED) is 0.785. The molecule has 1 aromatic carbocycles. The minimum atomic E-state index is -1.09. The van der Waals surface area contributed by atoms with E-state index in [0.717, 1.165) is 11.3 Å². The molecule has 0 radical (unpaired) electrons. The number of anilines is 1. The molecule has 98 valence electrons. The minimum absolute atomic E-state index is 0.0561. The molecule has 0 bridgehead atoms. The van der Waals surface area contributed by atoms with Gasteiger partial charge in [-0.25, -0.2) is 4.79 Å². The molecule has 2 aromatic rings. The van der Waals surface area contributed by atoms with Crippen LogP contribution in [0.4, 0.5) is 5.69 Å². The molecule has 0 saturated heterocycles. The van der Waals surface area contributed by atoms with Gasteiger partial charge in [-0.15, -0.1) is 0 Å². The molecule has 0 unspecified atom stereocenters. The van der Waals surface area contributed by atoms with Gasteiger partial charge in [0.25, 0.3) is 5.91 Å². The van der Waals surface area contributed by atoms with Crippen molar-refractivity contribution in [3.8, 4) is 0 Å². The van der Waals surface area contributed by atoms with Crippen LogP contribution in [-0.2, 0) is 0 Å². The van der Waals surface area contributed by atoms with E-state index in [-0.39, 0.29) is 16.9 Å². The van der Waals surface area contributed by atoms with Crippen LogP contribution in [0.1, 0.15) is 32.1 Å². The number of hydrogen-bond donors (Lipinski definition) is 3. The van der Waals surface area contributed by atoms with Gasteiger partial charge < -0.3 is 10.4 Å². The van der Waals surface area contributed by atoms with E-state index in [4.69, 9.17) is 5.11 Å². The molecule has 0 spiro atoms. The van der Waals surface area contributed by atoms with Crippen molar-refractivity contribution in [3.05, 3.63) is 46.8 Å². The number of hydrogen-bond acceptors (Lipinski definition) is 3.